The van der Waals surface area contributed by atoms with Gasteiger partial charge in [0.1, 0.15) is 17.8 Å². The number of aromatic nitrogens is 2. The largest absolute Gasteiger partial charge is 0.370 e. The minimum Gasteiger partial charge on any atom is -0.370 e. The molecule has 0 fully saturated rings. The van der Waals surface area contributed by atoms with Crippen LogP contribution in [0.2, 0.25) is 0 Å². The van der Waals surface area contributed by atoms with Gasteiger partial charge in [-0.2, -0.15) is 0 Å². The highest BCUT2D eigenvalue weighted by molar-refractivity contribution is 5.92. The normalized spacial score (nSPS) is 10.6. The lowest BCUT2D eigenvalue weighted by Gasteiger charge is -2.10. The molecule has 0 aliphatic rings. The first-order valence-corrected chi connectivity index (χ1v) is 7.12. The molecule has 6 heteroatoms. The highest BCUT2D eigenvalue weighted by Gasteiger charge is 2.08. The highest BCUT2D eigenvalue weighted by Crippen LogP contribution is 2.04. The minimum absolute atomic E-state index is 0.161. The Morgan fingerprint density at radius 3 is 2.75 bits per heavy atom. The Bertz CT molecular complexity index is 408. The Labute approximate surface area is 121 Å². The molecule has 1 amide bonds. The maximum atomic E-state index is 11.9. The van der Waals surface area contributed by atoms with Gasteiger partial charge in [-0.1, -0.05) is 19.8 Å². The molecule has 1 aromatic heterocycles. The number of amides is 1. The molecule has 0 radical (unpaired) electrons. The van der Waals surface area contributed by atoms with Crippen LogP contribution in [0.5, 0.6) is 0 Å². The second-order valence-corrected chi connectivity index (χ2v) is 4.98. The average Bonchev–Trinajstić information content (AvgIpc) is 2.43. The molecule has 0 aliphatic heterocycles. The van der Waals surface area contributed by atoms with Crippen LogP contribution in [0.3, 0.4) is 0 Å². The second-order valence-electron chi connectivity index (χ2n) is 4.98. The summed E-state index contributed by atoms with van der Waals surface area (Å²) < 4.78 is 0. The van der Waals surface area contributed by atoms with Crippen molar-refractivity contribution in [3.63, 3.8) is 0 Å². The predicted molar refractivity (Wildman–Crippen MR) is 80.9 cm³/mol. The smallest absolute Gasteiger partial charge is 0.270 e. The molecule has 0 aliphatic carbocycles. The molecule has 1 heterocycles. The zero-order chi connectivity index (χ0) is 14.8. The number of nitrogens with one attached hydrogen (secondary N) is 2. The Balaban J connectivity index is 2.43. The average molecular weight is 279 g/mol. The lowest BCUT2D eigenvalue weighted by atomic mass is 10.2. The van der Waals surface area contributed by atoms with Gasteiger partial charge in [0, 0.05) is 25.7 Å². The number of hydrogen-bond acceptors (Lipinski definition) is 5. The Kier molecular flexibility index (Phi) is 7.57. The van der Waals surface area contributed by atoms with Crippen molar-refractivity contribution >= 4 is 11.7 Å². The van der Waals surface area contributed by atoms with E-state index < -0.39 is 0 Å². The summed E-state index contributed by atoms with van der Waals surface area (Å²) in [5.41, 5.74) is 0.400. The molecule has 0 atom stereocenters. The summed E-state index contributed by atoms with van der Waals surface area (Å²) in [7, 11) is 3.93. The van der Waals surface area contributed by atoms with Crippen LogP contribution < -0.4 is 10.6 Å². The van der Waals surface area contributed by atoms with E-state index in [1.165, 1.54) is 19.2 Å². The van der Waals surface area contributed by atoms with E-state index in [-0.39, 0.29) is 5.91 Å². The lowest BCUT2D eigenvalue weighted by Crippen LogP contribution is -2.31. The van der Waals surface area contributed by atoms with Crippen molar-refractivity contribution in [1.82, 2.24) is 20.2 Å². The van der Waals surface area contributed by atoms with Gasteiger partial charge in [0.15, 0.2) is 0 Å². The van der Waals surface area contributed by atoms with E-state index in [0.29, 0.717) is 18.1 Å². The number of carbonyl (C=O) groups excluding carboxylic acids is 1. The van der Waals surface area contributed by atoms with Crippen molar-refractivity contribution in [3.05, 3.63) is 18.1 Å². The Morgan fingerprint density at radius 1 is 1.25 bits per heavy atom. The van der Waals surface area contributed by atoms with Crippen LogP contribution in [0.25, 0.3) is 0 Å². The van der Waals surface area contributed by atoms with Crippen molar-refractivity contribution in [2.24, 2.45) is 0 Å². The molecule has 0 saturated carbocycles. The number of nitrogens with zero attached hydrogens (tertiary/aromatic N) is 3. The first kappa shape index (κ1) is 16.4. The van der Waals surface area contributed by atoms with E-state index in [4.69, 9.17) is 0 Å². The lowest BCUT2D eigenvalue weighted by molar-refractivity contribution is 0.0946. The van der Waals surface area contributed by atoms with E-state index in [1.807, 2.05) is 19.0 Å². The van der Waals surface area contributed by atoms with Crippen molar-refractivity contribution in [3.8, 4) is 0 Å². The fourth-order valence-corrected chi connectivity index (χ4v) is 1.65. The molecular formula is C14H25N5O. The van der Waals surface area contributed by atoms with Crippen molar-refractivity contribution in [2.45, 2.75) is 26.2 Å². The topological polar surface area (TPSA) is 70.2 Å². The van der Waals surface area contributed by atoms with Crippen molar-refractivity contribution in [1.29, 1.82) is 0 Å². The van der Waals surface area contributed by atoms with Gasteiger partial charge in [-0.15, -0.1) is 0 Å². The minimum atomic E-state index is -0.161. The molecule has 0 unspecified atom stereocenters. The zero-order valence-corrected chi connectivity index (χ0v) is 12.6. The molecule has 20 heavy (non-hydrogen) atoms. The van der Waals surface area contributed by atoms with E-state index in [1.54, 1.807) is 6.07 Å². The number of anilines is 1. The molecule has 0 spiro atoms. The monoisotopic (exact) mass is 279 g/mol. The summed E-state index contributed by atoms with van der Waals surface area (Å²) >= 11 is 0. The van der Waals surface area contributed by atoms with E-state index in [0.717, 1.165) is 19.5 Å². The van der Waals surface area contributed by atoms with Gasteiger partial charge in [0.25, 0.3) is 5.91 Å². The van der Waals surface area contributed by atoms with Crippen LogP contribution in [0, 0.1) is 0 Å². The van der Waals surface area contributed by atoms with E-state index in [2.05, 4.69) is 27.5 Å². The molecule has 2 N–H and O–H groups in total. The maximum absolute atomic E-state index is 11.9. The first-order chi connectivity index (χ1) is 9.63. The molecule has 0 bridgehead atoms. The quantitative estimate of drug-likeness (QED) is 0.668. The van der Waals surface area contributed by atoms with Gasteiger partial charge in [0.2, 0.25) is 0 Å². The second kappa shape index (κ2) is 9.25. The summed E-state index contributed by atoms with van der Waals surface area (Å²) in [6.45, 7) is 4.45. The third-order valence-electron chi connectivity index (χ3n) is 2.83. The predicted octanol–water partition coefficient (Wildman–Crippen LogP) is 1.37. The number of rotatable bonds is 9. The van der Waals surface area contributed by atoms with Crippen molar-refractivity contribution < 1.29 is 4.79 Å². The number of likely N-dealkylation sites (N-methyl/N-ethyl adjacent to an activating group) is 1. The van der Waals surface area contributed by atoms with Gasteiger partial charge in [-0.05, 0) is 20.5 Å². The number of hydrogen-bond donors (Lipinski definition) is 2. The standard InChI is InChI=1S/C14H25N5O/c1-4-5-6-7-15-13-10-12(17-11-18-13)14(20)16-8-9-19(2)3/h10-11H,4-9H2,1-3H3,(H,16,20)(H,15,17,18). The summed E-state index contributed by atoms with van der Waals surface area (Å²) in [5, 5.41) is 6.04. The van der Waals surface area contributed by atoms with Crippen LogP contribution in [-0.2, 0) is 0 Å². The number of unbranched alkanes of at least 4 members (excludes halogenated alkanes) is 2. The molecule has 112 valence electrons. The van der Waals surface area contributed by atoms with E-state index in [9.17, 15) is 4.79 Å². The van der Waals surface area contributed by atoms with E-state index >= 15 is 0 Å². The number of carbonyl (C=O) groups is 1. The molecular weight excluding hydrogens is 254 g/mol. The summed E-state index contributed by atoms with van der Waals surface area (Å²) in [5.74, 6) is 0.541. The van der Waals surface area contributed by atoms with Crippen LogP contribution >= 0.6 is 0 Å². The Morgan fingerprint density at radius 2 is 2.05 bits per heavy atom. The molecule has 0 saturated heterocycles. The summed E-state index contributed by atoms with van der Waals surface area (Å²) in [6, 6.07) is 1.69. The highest BCUT2D eigenvalue weighted by atomic mass is 16.1. The molecule has 6 nitrogen and oxygen atoms in total. The molecule has 1 rings (SSSR count). The fourth-order valence-electron chi connectivity index (χ4n) is 1.65. The van der Waals surface area contributed by atoms with Gasteiger partial charge in [-0.3, -0.25) is 4.79 Å². The maximum Gasteiger partial charge on any atom is 0.270 e. The molecule has 1 aromatic rings. The SMILES string of the molecule is CCCCCNc1cc(C(=O)NCCN(C)C)ncn1. The van der Waals surface area contributed by atoms with Crippen LogP contribution in [0.4, 0.5) is 5.82 Å². The first-order valence-electron chi connectivity index (χ1n) is 7.12. The fraction of sp³-hybridized carbons (Fsp3) is 0.643. The Hall–Kier alpha value is -1.69. The van der Waals surface area contributed by atoms with Gasteiger partial charge >= 0.3 is 0 Å². The van der Waals surface area contributed by atoms with Gasteiger partial charge in [-0.25, -0.2) is 9.97 Å². The third kappa shape index (κ3) is 6.47. The van der Waals surface area contributed by atoms with Gasteiger partial charge in [0.05, 0.1) is 0 Å². The third-order valence-corrected chi connectivity index (χ3v) is 2.83. The van der Waals surface area contributed by atoms with Crippen LogP contribution in [0.1, 0.15) is 36.7 Å². The van der Waals surface area contributed by atoms with Crippen molar-refractivity contribution in [2.75, 3.05) is 39.0 Å². The van der Waals surface area contributed by atoms with Crippen LogP contribution in [0.15, 0.2) is 12.4 Å². The van der Waals surface area contributed by atoms with Gasteiger partial charge < -0.3 is 15.5 Å². The van der Waals surface area contributed by atoms with Crippen LogP contribution in [-0.4, -0.2) is 54.5 Å². The zero-order valence-electron chi connectivity index (χ0n) is 12.6. The molecule has 0 aromatic carbocycles. The summed E-state index contributed by atoms with van der Waals surface area (Å²) in [6.07, 6.45) is 4.90. The summed E-state index contributed by atoms with van der Waals surface area (Å²) in [4.78, 5) is 22.0.